The molecule has 0 radical (unpaired) electrons. The number of aliphatic imine (C=N–C) groups is 1. The molecule has 2 aliphatic rings. The number of hydrogen-bond acceptors (Lipinski definition) is 5. The molecule has 0 aliphatic carbocycles. The molecule has 1 spiro atoms. The molecule has 3 rings (SSSR count). The first-order valence-electron chi connectivity index (χ1n) is 11.0. The van der Waals surface area contributed by atoms with Crippen LogP contribution >= 0.6 is 0 Å². The highest BCUT2D eigenvalue weighted by Gasteiger charge is 2.47. The van der Waals surface area contributed by atoms with Gasteiger partial charge in [-0.15, -0.1) is 0 Å². The van der Waals surface area contributed by atoms with Gasteiger partial charge < -0.3 is 20.7 Å². The first-order valence-corrected chi connectivity index (χ1v) is 14.7. The Morgan fingerprint density at radius 3 is 2.57 bits per heavy atom. The molecule has 0 saturated carbocycles. The number of rotatable bonds is 8. The predicted octanol–water partition coefficient (Wildman–Crippen LogP) is 3.48. The van der Waals surface area contributed by atoms with Crippen LogP contribution in [0, 0.1) is 5.41 Å². The Kier molecular flexibility index (Phi) is 7.49. The van der Waals surface area contributed by atoms with Gasteiger partial charge in [0.25, 0.3) is 0 Å². The zero-order chi connectivity index (χ0) is 21.6. The third kappa shape index (κ3) is 5.59. The second-order valence-electron chi connectivity index (χ2n) is 9.57. The van der Waals surface area contributed by atoms with E-state index in [-0.39, 0.29) is 11.3 Å². The van der Waals surface area contributed by atoms with Crippen molar-refractivity contribution in [3.63, 3.8) is 0 Å². The molecule has 1 aromatic carbocycles. The number of piperidine rings is 1. The molecular weight excluding hydrogens is 392 g/mol. The van der Waals surface area contributed by atoms with Gasteiger partial charge in [0.15, 0.2) is 0 Å². The lowest BCUT2D eigenvalue weighted by molar-refractivity contribution is -0.126. The van der Waals surface area contributed by atoms with Crippen LogP contribution < -0.4 is 16.0 Å². The minimum atomic E-state index is -1.07. The van der Waals surface area contributed by atoms with Crippen LogP contribution in [0.2, 0.25) is 25.7 Å². The lowest BCUT2D eigenvalue weighted by atomic mass is 9.78. The van der Waals surface area contributed by atoms with E-state index in [1.54, 1.807) is 12.4 Å². The third-order valence-corrected chi connectivity index (χ3v) is 7.86. The number of anilines is 1. The Bertz CT molecular complexity index is 777. The van der Waals surface area contributed by atoms with Crippen molar-refractivity contribution in [3.8, 4) is 0 Å². The second-order valence-corrected chi connectivity index (χ2v) is 15.2. The summed E-state index contributed by atoms with van der Waals surface area (Å²) in [5.74, 6) is 0.281. The molecule has 2 heterocycles. The molecule has 2 fully saturated rings. The number of carbonyl (C=O) groups excluding carboxylic acids is 1. The van der Waals surface area contributed by atoms with Crippen molar-refractivity contribution >= 4 is 31.5 Å². The van der Waals surface area contributed by atoms with Crippen molar-refractivity contribution in [2.24, 2.45) is 16.1 Å². The summed E-state index contributed by atoms with van der Waals surface area (Å²) in [4.78, 5) is 19.4. The highest BCUT2D eigenvalue weighted by atomic mass is 28.3. The molecule has 164 valence electrons. The fraction of sp³-hybridized carbons (Fsp3) is 0.565. The standard InChI is InChI=1S/C23H36N4O2Si/c1-30(2,3)15-14-29-18-26-17-20(16-24)19-4-6-21(7-5-19)27-13-10-23(22(27)28)8-11-25-12-9-23/h4-7,16-17,25H,8-15,18,24H2,1-3H3. The largest absolute Gasteiger partial charge is 0.404 e. The van der Waals surface area contributed by atoms with Crippen LogP contribution in [0.15, 0.2) is 35.5 Å². The molecule has 1 aromatic rings. The van der Waals surface area contributed by atoms with Gasteiger partial charge in [-0.1, -0.05) is 31.8 Å². The Morgan fingerprint density at radius 2 is 1.93 bits per heavy atom. The van der Waals surface area contributed by atoms with Gasteiger partial charge in [0.2, 0.25) is 5.91 Å². The zero-order valence-corrected chi connectivity index (χ0v) is 19.6. The van der Waals surface area contributed by atoms with Gasteiger partial charge in [-0.25, -0.2) is 0 Å². The van der Waals surface area contributed by atoms with E-state index in [2.05, 4.69) is 30.0 Å². The summed E-state index contributed by atoms with van der Waals surface area (Å²) >= 11 is 0. The Hall–Kier alpha value is -1.96. The summed E-state index contributed by atoms with van der Waals surface area (Å²) in [7, 11) is -1.07. The number of benzene rings is 1. The molecule has 30 heavy (non-hydrogen) atoms. The van der Waals surface area contributed by atoms with E-state index in [1.165, 1.54) is 0 Å². The summed E-state index contributed by atoms with van der Waals surface area (Å²) in [5, 5.41) is 3.36. The summed E-state index contributed by atoms with van der Waals surface area (Å²) in [6, 6.07) is 9.17. The number of hydrogen-bond donors (Lipinski definition) is 2. The minimum absolute atomic E-state index is 0.158. The minimum Gasteiger partial charge on any atom is -0.404 e. The van der Waals surface area contributed by atoms with E-state index < -0.39 is 8.07 Å². The van der Waals surface area contributed by atoms with Gasteiger partial charge in [-0.2, -0.15) is 0 Å². The number of nitrogens with zero attached hydrogens (tertiary/aromatic N) is 2. The second kappa shape index (κ2) is 9.90. The molecule has 6 nitrogen and oxygen atoms in total. The monoisotopic (exact) mass is 428 g/mol. The first-order chi connectivity index (χ1) is 14.3. The van der Waals surface area contributed by atoms with Gasteiger partial charge in [0, 0.05) is 44.9 Å². The lowest BCUT2D eigenvalue weighted by Gasteiger charge is -2.32. The Labute approximate surface area is 181 Å². The molecule has 0 aromatic heterocycles. The van der Waals surface area contributed by atoms with Crippen LogP contribution in [-0.2, 0) is 9.53 Å². The summed E-state index contributed by atoms with van der Waals surface area (Å²) in [6.07, 6.45) is 6.15. The van der Waals surface area contributed by atoms with Gasteiger partial charge in [0.1, 0.15) is 6.73 Å². The highest BCUT2D eigenvalue weighted by Crippen LogP contribution is 2.41. The van der Waals surface area contributed by atoms with E-state index in [1.807, 2.05) is 29.2 Å². The van der Waals surface area contributed by atoms with E-state index in [9.17, 15) is 4.79 Å². The predicted molar refractivity (Wildman–Crippen MR) is 128 cm³/mol. The summed E-state index contributed by atoms with van der Waals surface area (Å²) < 4.78 is 5.61. The molecule has 0 unspecified atom stereocenters. The number of amides is 1. The summed E-state index contributed by atoms with van der Waals surface area (Å²) in [6.45, 7) is 10.8. The Morgan fingerprint density at radius 1 is 1.23 bits per heavy atom. The average Bonchev–Trinajstić information content (AvgIpc) is 3.03. The van der Waals surface area contributed by atoms with Crippen molar-refractivity contribution in [1.82, 2.24) is 5.32 Å². The molecule has 7 heteroatoms. The van der Waals surface area contributed by atoms with E-state index in [4.69, 9.17) is 10.5 Å². The molecule has 2 aliphatic heterocycles. The summed E-state index contributed by atoms with van der Waals surface area (Å²) in [5.41, 5.74) is 8.45. The normalized spacial score (nSPS) is 19.9. The first kappa shape index (κ1) is 22.7. The number of ether oxygens (including phenoxy) is 1. The molecule has 0 atom stereocenters. The van der Waals surface area contributed by atoms with Gasteiger partial charge in [0.05, 0.1) is 5.41 Å². The van der Waals surface area contributed by atoms with Crippen molar-refractivity contribution in [1.29, 1.82) is 0 Å². The average molecular weight is 429 g/mol. The molecule has 2 saturated heterocycles. The molecule has 3 N–H and O–H groups in total. The maximum Gasteiger partial charge on any atom is 0.233 e. The zero-order valence-electron chi connectivity index (χ0n) is 18.6. The van der Waals surface area contributed by atoms with Crippen LogP contribution in [0.4, 0.5) is 5.69 Å². The topological polar surface area (TPSA) is 80.0 Å². The van der Waals surface area contributed by atoms with Crippen molar-refractivity contribution in [2.45, 2.75) is 44.9 Å². The molecular formula is C23H36N4O2Si. The maximum absolute atomic E-state index is 13.1. The lowest BCUT2D eigenvalue weighted by Crippen LogP contribution is -2.42. The number of allylic oxidation sites excluding steroid dienone is 1. The van der Waals surface area contributed by atoms with Gasteiger partial charge >= 0.3 is 0 Å². The van der Waals surface area contributed by atoms with Crippen molar-refractivity contribution in [3.05, 3.63) is 36.0 Å². The maximum atomic E-state index is 13.1. The number of nitrogens with one attached hydrogen (secondary N) is 1. The van der Waals surface area contributed by atoms with Crippen molar-refractivity contribution < 1.29 is 9.53 Å². The van der Waals surface area contributed by atoms with Crippen LogP contribution in [0.1, 0.15) is 24.8 Å². The van der Waals surface area contributed by atoms with E-state index in [0.717, 1.165) is 68.4 Å². The van der Waals surface area contributed by atoms with Crippen molar-refractivity contribution in [2.75, 3.05) is 37.9 Å². The van der Waals surface area contributed by atoms with E-state index >= 15 is 0 Å². The van der Waals surface area contributed by atoms with Crippen LogP contribution in [-0.4, -0.2) is 53.2 Å². The number of carbonyl (C=O) groups is 1. The van der Waals surface area contributed by atoms with E-state index in [0.29, 0.717) is 6.73 Å². The molecule has 1 amide bonds. The van der Waals surface area contributed by atoms with Gasteiger partial charge in [-0.05, 0) is 56.1 Å². The molecule has 0 bridgehead atoms. The fourth-order valence-corrected chi connectivity index (χ4v) is 4.87. The SMILES string of the molecule is C[Si](C)(C)CCOCN=CC(=CN)c1ccc(N2CCC3(CCNCC3)C2=O)cc1. The highest BCUT2D eigenvalue weighted by molar-refractivity contribution is 6.76. The quantitative estimate of drug-likeness (QED) is 0.377. The fourth-order valence-electron chi connectivity index (χ4n) is 4.11. The number of nitrogens with two attached hydrogens (primary N) is 1. The smallest absolute Gasteiger partial charge is 0.233 e. The van der Waals surface area contributed by atoms with Crippen LogP contribution in [0.5, 0.6) is 0 Å². The third-order valence-electron chi connectivity index (χ3n) is 6.16. The Balaban J connectivity index is 1.56. The van der Waals surface area contributed by atoms with Gasteiger partial charge in [-0.3, -0.25) is 9.79 Å². The van der Waals surface area contributed by atoms with Crippen LogP contribution in [0.3, 0.4) is 0 Å². The van der Waals surface area contributed by atoms with Crippen LogP contribution in [0.25, 0.3) is 5.57 Å².